The Bertz CT molecular complexity index is 1900. The molecule has 0 saturated carbocycles. The highest BCUT2D eigenvalue weighted by Crippen LogP contribution is 2.20. The van der Waals surface area contributed by atoms with E-state index in [0.29, 0.717) is 32.1 Å². The molecule has 24 nitrogen and oxygen atoms in total. The number of carboxylic acid groups (broad SMARTS) is 1. The average Bonchev–Trinajstić information content (AvgIpc) is 3.38. The number of rotatable bonds is 36. The molecule has 0 aliphatic heterocycles. The van der Waals surface area contributed by atoms with Gasteiger partial charge in [0, 0.05) is 17.5 Å². The Kier molecular flexibility index (Phi) is 47.0. The van der Waals surface area contributed by atoms with Crippen LogP contribution in [-0.4, -0.2) is 130 Å². The van der Waals surface area contributed by atoms with Crippen molar-refractivity contribution in [2.45, 2.75) is 243 Å². The van der Waals surface area contributed by atoms with Gasteiger partial charge in [0.2, 0.25) is 53.7 Å². The number of carbonyl (C=O) groups excluding carboxylic acids is 10. The van der Waals surface area contributed by atoms with Gasteiger partial charge in [-0.2, -0.15) is 0 Å². The van der Waals surface area contributed by atoms with Crippen LogP contribution in [0.1, 0.15) is 195 Å². The van der Waals surface area contributed by atoms with Gasteiger partial charge in [-0.3, -0.25) is 52.7 Å². The first kappa shape index (κ1) is 81.5. The Labute approximate surface area is 470 Å². The monoisotopic (exact) mass is 1130 g/mol. The molecular weight excluding hydrogens is 1020 g/mol. The van der Waals surface area contributed by atoms with E-state index in [9.17, 15) is 62.8 Å². The third-order valence-electron chi connectivity index (χ3n) is 12.3. The first-order chi connectivity index (χ1) is 36.9. The lowest BCUT2D eigenvalue weighted by Crippen LogP contribution is -2.64. The number of hydrogen-bond acceptors (Lipinski definition) is 14. The number of unbranched alkanes of at least 4 members (excludes halogenated alkanes) is 2. The number of primary amides is 2. The summed E-state index contributed by atoms with van der Waals surface area (Å²) < 4.78 is 0. The number of allylic oxidation sites excluding steroid dienone is 2. The van der Waals surface area contributed by atoms with E-state index in [4.69, 9.17) is 16.6 Å². The zero-order chi connectivity index (χ0) is 62.8. The number of aliphatic hydroxyl groups excluding tert-OH is 1. The largest absolute Gasteiger partial charge is 0.481 e. The minimum absolute atomic E-state index is 0.0344. The van der Waals surface area contributed by atoms with Crippen LogP contribution < -0.4 is 48.7 Å². The molecule has 24 heteroatoms. The molecule has 0 aliphatic carbocycles. The minimum atomic E-state index is -1.68. The number of Topliss-reactive ketones (excluding diaryl/α,β-unsaturated/α-hetero) is 1. The number of amides is 9. The maximum Gasteiger partial charge on any atom is 0.305 e. The van der Waals surface area contributed by atoms with E-state index in [-0.39, 0.29) is 43.2 Å². The molecule has 0 aromatic rings. The number of nitrogens with one attached hydrogen (secondary N) is 7. The van der Waals surface area contributed by atoms with E-state index in [1.165, 1.54) is 13.8 Å². The second-order valence-corrected chi connectivity index (χ2v) is 19.9. The van der Waals surface area contributed by atoms with Crippen LogP contribution in [0.15, 0.2) is 17.3 Å². The normalized spacial score (nSPS) is 14.8. The number of aliphatic carboxylic acids is 1. The molecule has 0 bridgehead atoms. The number of hydrogen-bond donors (Lipinski definition) is 11. The van der Waals surface area contributed by atoms with Crippen LogP contribution >= 0.6 is 0 Å². The highest BCUT2D eigenvalue weighted by atomic mass is 16.4. The number of ketones is 1. The second-order valence-electron chi connectivity index (χ2n) is 19.9. The van der Waals surface area contributed by atoms with Crippen LogP contribution in [0.25, 0.3) is 0 Å². The molecule has 10 atom stereocenters. The van der Waals surface area contributed by atoms with Crippen molar-refractivity contribution in [1.82, 2.24) is 37.2 Å². The third-order valence-corrected chi connectivity index (χ3v) is 12.3. The van der Waals surface area contributed by atoms with E-state index < -0.39 is 125 Å². The standard InChI is InChI=1S/C40H68N8O11.C9H18N2O3.3C2H6/c1-10-24(4)25(5)34(55)45-29(21-32(53)54)36(57)47-39(7,8)17-15-13-11-12-14-16-18-40(9,48-35(56)28(43-22-49)20-31(42)52)38(59)46-33(23(2)3)37(58)44-27(26(6)50)19-30(41)51;1-4-6(2)8(11-14)9(13)10-7(3)5-12;3*1-2/h11-12,22-25,27-29,33H,10,13-21H2,1-9H3,(H2,41,51)(H2,42,52)(H,43,49)(H,44,58)(H,45,55)(H,46,59)(H,47,57)(H,48,56)(H,53,54);6-8,12H,4-5H2,1-3H3,(H,10,13);3*1-2H3/b12-11-;;;;. The summed E-state index contributed by atoms with van der Waals surface area (Å²) in [6.45, 7) is 32.3. The molecule has 0 aliphatic rings. The fourth-order valence-electron chi connectivity index (χ4n) is 6.96. The number of nitrogens with two attached hydrogens (primary N) is 2. The van der Waals surface area contributed by atoms with Crippen LogP contribution in [0.3, 0.4) is 0 Å². The predicted octanol–water partition coefficient (Wildman–Crippen LogP) is 4.12. The summed E-state index contributed by atoms with van der Waals surface area (Å²) in [6.07, 6.45) is 6.48. The predicted molar refractivity (Wildman–Crippen MR) is 306 cm³/mol. The van der Waals surface area contributed by atoms with E-state index in [2.05, 4.69) is 42.4 Å². The van der Waals surface area contributed by atoms with E-state index in [1.54, 1.807) is 48.5 Å². The fraction of sp³-hybridized carbons (Fsp3) is 0.764. The number of carbonyl (C=O) groups is 11. The van der Waals surface area contributed by atoms with Crippen molar-refractivity contribution in [3.63, 3.8) is 0 Å². The van der Waals surface area contributed by atoms with Crippen molar-refractivity contribution in [2.75, 3.05) is 6.61 Å². The number of nitroso groups, excluding NO2 is 1. The van der Waals surface area contributed by atoms with Crippen molar-refractivity contribution in [1.29, 1.82) is 0 Å². The topological polar surface area (TPSA) is 394 Å². The average molecular weight is 1130 g/mol. The molecule has 458 valence electrons. The lowest BCUT2D eigenvalue weighted by molar-refractivity contribution is -0.141. The first-order valence-electron chi connectivity index (χ1n) is 27.8. The van der Waals surface area contributed by atoms with Crippen LogP contribution in [0, 0.1) is 28.6 Å². The van der Waals surface area contributed by atoms with Gasteiger partial charge >= 0.3 is 5.97 Å². The highest BCUT2D eigenvalue weighted by molar-refractivity contribution is 5.98. The van der Waals surface area contributed by atoms with Crippen molar-refractivity contribution in [2.24, 2.45) is 40.3 Å². The Morgan fingerprint density at radius 3 is 1.49 bits per heavy atom. The van der Waals surface area contributed by atoms with Crippen LogP contribution in [0.2, 0.25) is 0 Å². The van der Waals surface area contributed by atoms with Crippen LogP contribution in [0.4, 0.5) is 0 Å². The summed E-state index contributed by atoms with van der Waals surface area (Å²) in [5, 5.41) is 38.7. The van der Waals surface area contributed by atoms with Crippen molar-refractivity contribution >= 4 is 65.4 Å². The summed E-state index contributed by atoms with van der Waals surface area (Å²) in [4.78, 5) is 146. The molecule has 0 fully saturated rings. The fourth-order valence-corrected chi connectivity index (χ4v) is 6.96. The van der Waals surface area contributed by atoms with Gasteiger partial charge < -0.3 is 58.9 Å². The zero-order valence-electron chi connectivity index (χ0n) is 50.9. The second kappa shape index (κ2) is 45.5. The zero-order valence-corrected chi connectivity index (χ0v) is 50.9. The molecule has 0 aromatic heterocycles. The molecule has 0 saturated heterocycles. The molecule has 0 heterocycles. The number of nitrogens with zero attached hydrogens (tertiary/aromatic N) is 1. The molecule has 9 amide bonds. The molecular formula is C55H104N10O14. The van der Waals surface area contributed by atoms with E-state index >= 15 is 0 Å². The van der Waals surface area contributed by atoms with Gasteiger partial charge in [-0.15, -0.1) is 4.91 Å². The number of carboxylic acids is 1. The quantitative estimate of drug-likeness (QED) is 0.0182. The van der Waals surface area contributed by atoms with Gasteiger partial charge in [0.1, 0.15) is 23.7 Å². The molecule has 0 spiro atoms. The molecule has 0 rings (SSSR count). The Morgan fingerprint density at radius 1 is 0.608 bits per heavy atom. The van der Waals surface area contributed by atoms with E-state index in [0.717, 1.165) is 12.8 Å². The lowest BCUT2D eigenvalue weighted by atomic mass is 9.91. The third kappa shape index (κ3) is 36.5. The Hall–Kier alpha value is -6.33. The Balaban J connectivity index is -0.000000774. The highest BCUT2D eigenvalue weighted by Gasteiger charge is 2.40. The van der Waals surface area contributed by atoms with Gasteiger partial charge in [0.25, 0.3) is 0 Å². The van der Waals surface area contributed by atoms with Crippen molar-refractivity contribution in [3.8, 4) is 0 Å². The summed E-state index contributed by atoms with van der Waals surface area (Å²) in [5.41, 5.74) is 8.07. The van der Waals surface area contributed by atoms with Crippen molar-refractivity contribution in [3.05, 3.63) is 17.1 Å². The molecule has 13 N–H and O–H groups in total. The summed E-state index contributed by atoms with van der Waals surface area (Å²) in [6, 6.07) is -6.25. The molecule has 79 heavy (non-hydrogen) atoms. The SMILES string of the molecule is CC.CC.CC.CCC(C)C(C)C(=O)NC(CC(=O)O)C(=O)NC(C)(C)CCC/C=C\CCCC(C)(NC(=O)C(CC(N)=O)NC=O)C(=O)NC(C(=O)NC(CC(N)=O)C(C)=O)C(C)C.CCC(C)C(N=O)C(=O)NC(C)CO. The summed E-state index contributed by atoms with van der Waals surface area (Å²) >= 11 is 0. The Morgan fingerprint density at radius 2 is 1.08 bits per heavy atom. The van der Waals surface area contributed by atoms with Gasteiger partial charge in [0.15, 0.2) is 11.8 Å². The summed E-state index contributed by atoms with van der Waals surface area (Å²) in [7, 11) is 0. The van der Waals surface area contributed by atoms with Gasteiger partial charge in [-0.05, 0) is 90.9 Å². The van der Waals surface area contributed by atoms with Crippen LogP contribution in [0.5, 0.6) is 0 Å². The van der Waals surface area contributed by atoms with Gasteiger partial charge in [0.05, 0.1) is 31.9 Å². The summed E-state index contributed by atoms with van der Waals surface area (Å²) in [5.74, 6) is -8.20. The maximum atomic E-state index is 13.9. The first-order valence-corrected chi connectivity index (χ1v) is 27.8. The smallest absolute Gasteiger partial charge is 0.305 e. The maximum absolute atomic E-state index is 13.9. The molecule has 0 radical (unpaired) electrons. The van der Waals surface area contributed by atoms with Gasteiger partial charge in [-0.1, -0.05) is 120 Å². The van der Waals surface area contributed by atoms with Crippen molar-refractivity contribution < 1.29 is 63.0 Å². The number of aliphatic hydroxyl groups is 1. The minimum Gasteiger partial charge on any atom is -0.481 e. The van der Waals surface area contributed by atoms with E-state index in [1.807, 2.05) is 74.5 Å². The lowest BCUT2D eigenvalue weighted by Gasteiger charge is -2.34. The molecule has 0 aromatic carbocycles. The van der Waals surface area contributed by atoms with Gasteiger partial charge in [-0.25, -0.2) is 0 Å². The molecule has 10 unspecified atom stereocenters. The van der Waals surface area contributed by atoms with Crippen LogP contribution in [-0.2, 0) is 52.7 Å².